The number of rotatable bonds is 11. The Kier molecular flexibility index (Phi) is 13.5. The van der Waals surface area contributed by atoms with E-state index in [-0.39, 0.29) is 0 Å². The number of hydrogen-bond donors (Lipinski definition) is 0. The minimum absolute atomic E-state index is 0.593. The van der Waals surface area contributed by atoms with Crippen molar-refractivity contribution in [3.8, 4) is 0 Å². The SMILES string of the molecule is CC[N+](C)(C)C.CO[Si](CCCSCC(C)c1ccccc1)(OC)OC. The number of quaternary nitrogens is 1. The van der Waals surface area contributed by atoms with Crippen LogP contribution in [0.25, 0.3) is 0 Å². The first-order chi connectivity index (χ1) is 12.2. The summed E-state index contributed by atoms with van der Waals surface area (Å²) in [5, 5.41) is 0. The van der Waals surface area contributed by atoms with E-state index >= 15 is 0 Å². The van der Waals surface area contributed by atoms with Gasteiger partial charge in [0.1, 0.15) is 0 Å². The molecule has 0 aliphatic rings. The average Bonchev–Trinajstić information content (AvgIpc) is 2.65. The van der Waals surface area contributed by atoms with Crippen molar-refractivity contribution in [1.82, 2.24) is 0 Å². The summed E-state index contributed by atoms with van der Waals surface area (Å²) in [4.78, 5) is 0. The zero-order valence-corrected chi connectivity index (χ0v) is 19.9. The summed E-state index contributed by atoms with van der Waals surface area (Å²) in [6.07, 6.45) is 1.06. The van der Waals surface area contributed by atoms with Crippen LogP contribution in [0.3, 0.4) is 0 Å². The Morgan fingerprint density at radius 1 is 1.00 bits per heavy atom. The van der Waals surface area contributed by atoms with E-state index in [0.717, 1.165) is 28.5 Å². The van der Waals surface area contributed by atoms with Gasteiger partial charge in [-0.2, -0.15) is 11.8 Å². The van der Waals surface area contributed by atoms with Gasteiger partial charge in [-0.05, 0) is 36.3 Å². The third-order valence-electron chi connectivity index (χ3n) is 4.39. The molecule has 0 bridgehead atoms. The normalized spacial score (nSPS) is 13.1. The zero-order valence-electron chi connectivity index (χ0n) is 18.1. The monoisotopic (exact) mass is 402 g/mol. The molecule has 0 spiro atoms. The summed E-state index contributed by atoms with van der Waals surface area (Å²) >= 11 is 1.98. The molecule has 0 saturated carbocycles. The molecule has 1 rings (SSSR count). The van der Waals surface area contributed by atoms with Crippen molar-refractivity contribution in [3.05, 3.63) is 35.9 Å². The minimum atomic E-state index is -2.37. The summed E-state index contributed by atoms with van der Waals surface area (Å²) in [6.45, 7) is 5.67. The highest BCUT2D eigenvalue weighted by Crippen LogP contribution is 2.22. The van der Waals surface area contributed by atoms with E-state index < -0.39 is 8.80 Å². The van der Waals surface area contributed by atoms with Gasteiger partial charge in [-0.1, -0.05) is 37.3 Å². The second-order valence-electron chi connectivity index (χ2n) is 7.39. The van der Waals surface area contributed by atoms with Crippen molar-refractivity contribution in [3.63, 3.8) is 0 Å². The van der Waals surface area contributed by atoms with Crippen LogP contribution in [0.5, 0.6) is 0 Å². The van der Waals surface area contributed by atoms with Crippen LogP contribution in [0.1, 0.15) is 31.7 Å². The molecule has 1 atom stereocenters. The van der Waals surface area contributed by atoms with Crippen LogP contribution in [-0.4, -0.2) is 73.8 Å². The van der Waals surface area contributed by atoms with E-state index in [4.69, 9.17) is 13.3 Å². The third-order valence-corrected chi connectivity index (χ3v) is 8.53. The van der Waals surface area contributed by atoms with Crippen LogP contribution in [-0.2, 0) is 13.3 Å². The molecule has 0 heterocycles. The maximum absolute atomic E-state index is 5.42. The molecule has 1 unspecified atom stereocenters. The Labute approximate surface area is 167 Å². The van der Waals surface area contributed by atoms with Crippen molar-refractivity contribution in [2.45, 2.75) is 32.2 Å². The fourth-order valence-electron chi connectivity index (χ4n) is 2.08. The largest absolute Gasteiger partial charge is 0.500 e. The fourth-order valence-corrected chi connectivity index (χ4v) is 5.12. The lowest BCUT2D eigenvalue weighted by atomic mass is 10.0. The number of hydrogen-bond acceptors (Lipinski definition) is 4. The Morgan fingerprint density at radius 3 is 1.92 bits per heavy atom. The average molecular weight is 403 g/mol. The lowest BCUT2D eigenvalue weighted by Gasteiger charge is -2.24. The molecule has 6 heteroatoms. The van der Waals surface area contributed by atoms with Crippen LogP contribution in [0.15, 0.2) is 30.3 Å². The van der Waals surface area contributed by atoms with Gasteiger partial charge in [0.25, 0.3) is 0 Å². The molecule has 0 fully saturated rings. The molecule has 1 aromatic carbocycles. The van der Waals surface area contributed by atoms with Gasteiger partial charge in [0.05, 0.1) is 27.7 Å². The lowest BCUT2D eigenvalue weighted by molar-refractivity contribution is -0.868. The van der Waals surface area contributed by atoms with Gasteiger partial charge in [0.15, 0.2) is 0 Å². The lowest BCUT2D eigenvalue weighted by Crippen LogP contribution is -2.42. The van der Waals surface area contributed by atoms with Crippen molar-refractivity contribution in [1.29, 1.82) is 0 Å². The molecule has 152 valence electrons. The van der Waals surface area contributed by atoms with Crippen molar-refractivity contribution in [2.24, 2.45) is 0 Å². The molecule has 0 aliphatic carbocycles. The first kappa shape index (κ1) is 25.6. The minimum Gasteiger partial charge on any atom is -0.377 e. The van der Waals surface area contributed by atoms with Gasteiger partial charge in [0, 0.05) is 27.4 Å². The van der Waals surface area contributed by atoms with Crippen molar-refractivity contribution < 1.29 is 17.8 Å². The number of thioether (sulfide) groups is 1. The second kappa shape index (κ2) is 13.7. The van der Waals surface area contributed by atoms with Gasteiger partial charge in [-0.25, -0.2) is 0 Å². The van der Waals surface area contributed by atoms with E-state index in [1.54, 1.807) is 21.3 Å². The fraction of sp³-hybridized carbons (Fsp3) is 0.700. The molecule has 0 aliphatic heterocycles. The van der Waals surface area contributed by atoms with E-state index in [1.165, 1.54) is 12.1 Å². The molecule has 0 saturated heterocycles. The molecule has 0 N–H and O–H groups in total. The molecule has 0 aromatic heterocycles. The van der Waals surface area contributed by atoms with Crippen LogP contribution in [0.2, 0.25) is 6.04 Å². The Hall–Kier alpha value is -0.373. The number of benzene rings is 1. The second-order valence-corrected chi connectivity index (χ2v) is 11.6. The summed E-state index contributed by atoms with van der Waals surface area (Å²) in [6, 6.07) is 11.5. The van der Waals surface area contributed by atoms with Crippen molar-refractivity contribution >= 4 is 20.6 Å². The van der Waals surface area contributed by atoms with E-state index in [2.05, 4.69) is 65.3 Å². The molecular formula is C20H40NO3SSi+. The topological polar surface area (TPSA) is 27.7 Å². The highest BCUT2D eigenvalue weighted by atomic mass is 32.2. The first-order valence-corrected chi connectivity index (χ1v) is 12.4. The molecule has 4 nitrogen and oxygen atoms in total. The highest BCUT2D eigenvalue weighted by molar-refractivity contribution is 7.99. The van der Waals surface area contributed by atoms with Crippen LogP contribution in [0, 0.1) is 0 Å². The molecular weight excluding hydrogens is 362 g/mol. The maximum atomic E-state index is 5.42. The number of nitrogens with zero attached hydrogens (tertiary/aromatic N) is 1. The first-order valence-electron chi connectivity index (χ1n) is 9.32. The summed E-state index contributed by atoms with van der Waals surface area (Å²) in [5.74, 6) is 2.85. The smallest absolute Gasteiger partial charge is 0.377 e. The molecule has 0 radical (unpaired) electrons. The van der Waals surface area contributed by atoms with Crippen LogP contribution in [0.4, 0.5) is 0 Å². The van der Waals surface area contributed by atoms with Crippen LogP contribution < -0.4 is 0 Å². The van der Waals surface area contributed by atoms with E-state index in [0.29, 0.717) is 5.92 Å². The summed E-state index contributed by atoms with van der Waals surface area (Å²) < 4.78 is 17.3. The van der Waals surface area contributed by atoms with Crippen LogP contribution >= 0.6 is 11.8 Å². The molecule has 26 heavy (non-hydrogen) atoms. The molecule has 1 aromatic rings. The zero-order chi connectivity index (χ0) is 20.1. The molecule has 0 amide bonds. The van der Waals surface area contributed by atoms with Crippen molar-refractivity contribution in [2.75, 3.05) is 60.5 Å². The van der Waals surface area contributed by atoms with Gasteiger partial charge < -0.3 is 17.8 Å². The van der Waals surface area contributed by atoms with Gasteiger partial charge in [-0.3, -0.25) is 0 Å². The highest BCUT2D eigenvalue weighted by Gasteiger charge is 2.36. The maximum Gasteiger partial charge on any atom is 0.500 e. The summed E-state index contributed by atoms with van der Waals surface area (Å²) in [5.41, 5.74) is 1.41. The Bertz CT molecular complexity index is 442. The quantitative estimate of drug-likeness (QED) is 0.309. The Balaban J connectivity index is 0.000000896. The van der Waals surface area contributed by atoms with Gasteiger partial charge >= 0.3 is 8.80 Å². The van der Waals surface area contributed by atoms with E-state index in [9.17, 15) is 0 Å². The predicted molar refractivity (Wildman–Crippen MR) is 117 cm³/mol. The van der Waals surface area contributed by atoms with E-state index in [1.807, 2.05) is 11.8 Å². The predicted octanol–water partition coefficient (Wildman–Crippen LogP) is 4.50. The van der Waals surface area contributed by atoms with Gasteiger partial charge in [0.2, 0.25) is 0 Å². The van der Waals surface area contributed by atoms with Gasteiger partial charge in [-0.15, -0.1) is 0 Å². The third kappa shape index (κ3) is 11.4. The Morgan fingerprint density at radius 2 is 1.50 bits per heavy atom. The summed E-state index contributed by atoms with van der Waals surface area (Å²) in [7, 11) is 9.18. The standard InChI is InChI=1S/C15H26O3SSi.C5H14N/c1-14(15-9-6-5-7-10-15)13-19-11-8-12-20(16-2,17-3)18-4;1-5-6(2,3)4/h5-7,9-10,14H,8,11-13H2,1-4H3;5H2,1-4H3/q;+1.